The monoisotopic (exact) mass is 268 g/mol. The predicted molar refractivity (Wildman–Crippen MR) is 79.5 cm³/mol. The Bertz CT molecular complexity index is 556. The summed E-state index contributed by atoms with van der Waals surface area (Å²) >= 11 is 0. The van der Waals surface area contributed by atoms with Gasteiger partial charge in [0, 0.05) is 25.0 Å². The van der Waals surface area contributed by atoms with E-state index in [-0.39, 0.29) is 12.1 Å². The van der Waals surface area contributed by atoms with Crippen molar-refractivity contribution in [2.45, 2.75) is 25.5 Å². The van der Waals surface area contributed by atoms with E-state index in [0.29, 0.717) is 0 Å². The number of ether oxygens (including phenoxy) is 1. The first-order valence-electron chi connectivity index (χ1n) is 7.17. The van der Waals surface area contributed by atoms with Crippen LogP contribution in [0.15, 0.2) is 48.8 Å². The fraction of sp³-hybridized carbons (Fsp3) is 0.353. The predicted octanol–water partition coefficient (Wildman–Crippen LogP) is 3.05. The summed E-state index contributed by atoms with van der Waals surface area (Å²) in [7, 11) is 0. The van der Waals surface area contributed by atoms with Gasteiger partial charge in [-0.2, -0.15) is 0 Å². The third-order valence-electron chi connectivity index (χ3n) is 3.89. The average molecular weight is 268 g/mol. The number of benzene rings is 1. The van der Waals surface area contributed by atoms with Crippen LogP contribution in [-0.2, 0) is 11.2 Å². The maximum absolute atomic E-state index is 5.91. The second kappa shape index (κ2) is 6.16. The van der Waals surface area contributed by atoms with Crippen LogP contribution in [0.25, 0.3) is 0 Å². The number of hydrogen-bond acceptors (Lipinski definition) is 3. The molecule has 0 saturated heterocycles. The summed E-state index contributed by atoms with van der Waals surface area (Å²) < 4.78 is 5.91. The highest BCUT2D eigenvalue weighted by atomic mass is 16.5. The first-order chi connectivity index (χ1) is 9.84. The summed E-state index contributed by atoms with van der Waals surface area (Å²) in [5.41, 5.74) is 3.95. The largest absolute Gasteiger partial charge is 0.372 e. The lowest BCUT2D eigenvalue weighted by atomic mass is 9.97. The van der Waals surface area contributed by atoms with Gasteiger partial charge >= 0.3 is 0 Å². The fourth-order valence-corrected chi connectivity index (χ4v) is 2.68. The van der Waals surface area contributed by atoms with Gasteiger partial charge < -0.3 is 10.1 Å². The molecule has 3 rings (SSSR count). The van der Waals surface area contributed by atoms with Crippen molar-refractivity contribution in [1.29, 1.82) is 0 Å². The summed E-state index contributed by atoms with van der Waals surface area (Å²) in [5.74, 6) is 0. The van der Waals surface area contributed by atoms with Crippen molar-refractivity contribution < 1.29 is 4.74 Å². The summed E-state index contributed by atoms with van der Waals surface area (Å²) in [6.07, 6.45) is 4.88. The smallest absolute Gasteiger partial charge is 0.0952 e. The first-order valence-corrected chi connectivity index (χ1v) is 7.17. The van der Waals surface area contributed by atoms with Crippen LogP contribution in [0.1, 0.15) is 35.8 Å². The minimum atomic E-state index is 0.152. The highest BCUT2D eigenvalue weighted by Crippen LogP contribution is 2.26. The topological polar surface area (TPSA) is 34.1 Å². The molecule has 1 aliphatic heterocycles. The standard InChI is InChI=1S/C17H20N2O/c1-13(15-6-4-9-18-11-15)19-12-17-16-7-3-2-5-14(16)8-10-20-17/h2-7,9,11,13,17,19H,8,10,12H2,1H3/t13-,17?/m1/s1. The van der Waals surface area contributed by atoms with Crippen LogP contribution in [-0.4, -0.2) is 18.1 Å². The number of aromatic nitrogens is 1. The van der Waals surface area contributed by atoms with Gasteiger partial charge in [0.2, 0.25) is 0 Å². The molecular weight excluding hydrogens is 248 g/mol. The Morgan fingerprint density at radius 1 is 1.30 bits per heavy atom. The number of fused-ring (bicyclic) bond motifs is 1. The van der Waals surface area contributed by atoms with E-state index in [1.54, 1.807) is 6.20 Å². The van der Waals surface area contributed by atoms with Gasteiger partial charge in [-0.1, -0.05) is 30.3 Å². The molecule has 0 spiro atoms. The van der Waals surface area contributed by atoms with Gasteiger partial charge in [-0.3, -0.25) is 4.98 Å². The van der Waals surface area contributed by atoms with Crippen LogP contribution >= 0.6 is 0 Å². The molecule has 2 heterocycles. The van der Waals surface area contributed by atoms with E-state index >= 15 is 0 Å². The fourth-order valence-electron chi connectivity index (χ4n) is 2.68. The molecule has 0 radical (unpaired) electrons. The van der Waals surface area contributed by atoms with Crippen LogP contribution in [0.2, 0.25) is 0 Å². The molecule has 1 N–H and O–H groups in total. The van der Waals surface area contributed by atoms with Crippen LogP contribution < -0.4 is 5.32 Å². The van der Waals surface area contributed by atoms with Crippen molar-refractivity contribution in [2.75, 3.05) is 13.2 Å². The third kappa shape index (κ3) is 2.89. The van der Waals surface area contributed by atoms with Gasteiger partial charge in [-0.25, -0.2) is 0 Å². The van der Waals surface area contributed by atoms with Crippen LogP contribution in [0.4, 0.5) is 0 Å². The second-order valence-electron chi connectivity index (χ2n) is 5.22. The molecule has 2 atom stereocenters. The summed E-state index contributed by atoms with van der Waals surface area (Å²) in [5, 5.41) is 3.54. The molecular formula is C17H20N2O. The lowest BCUT2D eigenvalue weighted by molar-refractivity contribution is 0.0409. The van der Waals surface area contributed by atoms with Crippen molar-refractivity contribution in [1.82, 2.24) is 10.3 Å². The first kappa shape index (κ1) is 13.3. The van der Waals surface area contributed by atoms with Gasteiger partial charge in [0.1, 0.15) is 0 Å². The molecule has 0 saturated carbocycles. The van der Waals surface area contributed by atoms with E-state index in [0.717, 1.165) is 19.6 Å². The zero-order valence-corrected chi connectivity index (χ0v) is 11.8. The highest BCUT2D eigenvalue weighted by Gasteiger charge is 2.20. The second-order valence-corrected chi connectivity index (χ2v) is 5.22. The van der Waals surface area contributed by atoms with Gasteiger partial charge in [0.05, 0.1) is 12.7 Å². The molecule has 0 aliphatic carbocycles. The van der Waals surface area contributed by atoms with Crippen LogP contribution in [0, 0.1) is 0 Å². The Hall–Kier alpha value is -1.71. The molecule has 1 aromatic carbocycles. The Balaban J connectivity index is 1.65. The van der Waals surface area contributed by atoms with E-state index in [1.807, 2.05) is 12.3 Å². The lowest BCUT2D eigenvalue weighted by Crippen LogP contribution is -2.29. The zero-order valence-electron chi connectivity index (χ0n) is 11.8. The van der Waals surface area contributed by atoms with E-state index < -0.39 is 0 Å². The maximum Gasteiger partial charge on any atom is 0.0952 e. The molecule has 0 fully saturated rings. The number of pyridine rings is 1. The number of hydrogen-bond donors (Lipinski definition) is 1. The molecule has 1 aliphatic rings. The SMILES string of the molecule is C[C@@H](NCC1OCCc2ccccc21)c1cccnc1. The van der Waals surface area contributed by atoms with Crippen molar-refractivity contribution in [3.05, 3.63) is 65.5 Å². The summed E-state index contributed by atoms with van der Waals surface area (Å²) in [6.45, 7) is 3.80. The van der Waals surface area contributed by atoms with E-state index in [1.165, 1.54) is 16.7 Å². The maximum atomic E-state index is 5.91. The van der Waals surface area contributed by atoms with Crippen LogP contribution in [0.3, 0.4) is 0 Å². The molecule has 3 nitrogen and oxygen atoms in total. The summed E-state index contributed by atoms with van der Waals surface area (Å²) in [6, 6.07) is 12.9. The molecule has 0 amide bonds. The minimum Gasteiger partial charge on any atom is -0.372 e. The number of nitrogens with zero attached hydrogens (tertiary/aromatic N) is 1. The molecule has 104 valence electrons. The van der Waals surface area contributed by atoms with E-state index in [9.17, 15) is 0 Å². The number of rotatable bonds is 4. The van der Waals surface area contributed by atoms with Gasteiger partial charge in [0.15, 0.2) is 0 Å². The molecule has 1 aromatic heterocycles. The Morgan fingerprint density at radius 2 is 2.20 bits per heavy atom. The zero-order chi connectivity index (χ0) is 13.8. The third-order valence-corrected chi connectivity index (χ3v) is 3.89. The molecule has 3 heteroatoms. The van der Waals surface area contributed by atoms with Crippen molar-refractivity contribution >= 4 is 0 Å². The van der Waals surface area contributed by atoms with Gasteiger partial charge in [-0.15, -0.1) is 0 Å². The summed E-state index contributed by atoms with van der Waals surface area (Å²) in [4.78, 5) is 4.17. The normalized spacial score (nSPS) is 19.4. The molecule has 1 unspecified atom stereocenters. The van der Waals surface area contributed by atoms with E-state index in [4.69, 9.17) is 4.74 Å². The van der Waals surface area contributed by atoms with Crippen molar-refractivity contribution in [2.24, 2.45) is 0 Å². The number of nitrogens with one attached hydrogen (secondary N) is 1. The van der Waals surface area contributed by atoms with Gasteiger partial charge in [-0.05, 0) is 36.1 Å². The Labute approximate surface area is 120 Å². The molecule has 2 aromatic rings. The highest BCUT2D eigenvalue weighted by molar-refractivity contribution is 5.31. The Kier molecular flexibility index (Phi) is 4.09. The Morgan fingerprint density at radius 3 is 3.05 bits per heavy atom. The van der Waals surface area contributed by atoms with Gasteiger partial charge in [0.25, 0.3) is 0 Å². The van der Waals surface area contributed by atoms with Crippen LogP contribution in [0.5, 0.6) is 0 Å². The molecule has 0 bridgehead atoms. The molecule has 20 heavy (non-hydrogen) atoms. The van der Waals surface area contributed by atoms with E-state index in [2.05, 4.69) is 47.6 Å². The van der Waals surface area contributed by atoms with Crippen molar-refractivity contribution in [3.8, 4) is 0 Å². The quantitative estimate of drug-likeness (QED) is 0.925. The average Bonchev–Trinajstić information content (AvgIpc) is 2.53. The lowest BCUT2D eigenvalue weighted by Gasteiger charge is -2.27. The minimum absolute atomic E-state index is 0.152. The van der Waals surface area contributed by atoms with Crippen molar-refractivity contribution in [3.63, 3.8) is 0 Å².